The molecule has 6 heteroatoms. The molecule has 0 aromatic heterocycles. The highest BCUT2D eigenvalue weighted by Crippen LogP contribution is 2.12. The number of benzene rings is 1. The van der Waals surface area contributed by atoms with Crippen LogP contribution in [-0.4, -0.2) is 63.5 Å². The quantitative estimate of drug-likeness (QED) is 0.365. The number of nitrogens with zero attached hydrogens (tertiary/aromatic N) is 2. The first-order chi connectivity index (χ1) is 13.6. The Morgan fingerprint density at radius 3 is 2.89 bits per heavy atom. The van der Waals surface area contributed by atoms with Crippen LogP contribution in [0.4, 0.5) is 0 Å². The third-order valence-corrected chi connectivity index (χ3v) is 4.62. The van der Waals surface area contributed by atoms with Crippen molar-refractivity contribution in [3.63, 3.8) is 0 Å². The molecule has 1 heterocycles. The number of morpholine rings is 1. The summed E-state index contributed by atoms with van der Waals surface area (Å²) >= 11 is 0. The molecule has 1 aliphatic heterocycles. The monoisotopic (exact) mass is 390 g/mol. The van der Waals surface area contributed by atoms with E-state index in [1.807, 2.05) is 0 Å². The van der Waals surface area contributed by atoms with Crippen molar-refractivity contribution in [2.75, 3.05) is 46.5 Å². The zero-order valence-corrected chi connectivity index (χ0v) is 18.0. The molecular formula is C22H38N4O2. The maximum absolute atomic E-state index is 5.63. The molecule has 1 aromatic rings. The highest BCUT2D eigenvalue weighted by Gasteiger charge is 2.16. The lowest BCUT2D eigenvalue weighted by Crippen LogP contribution is -2.40. The lowest BCUT2D eigenvalue weighted by molar-refractivity contribution is -0.0212. The Balaban J connectivity index is 1.70. The molecule has 0 aliphatic carbocycles. The molecule has 1 fully saturated rings. The summed E-state index contributed by atoms with van der Waals surface area (Å²) in [5.74, 6) is 1.42. The van der Waals surface area contributed by atoms with E-state index in [0.29, 0.717) is 12.0 Å². The van der Waals surface area contributed by atoms with Gasteiger partial charge in [0, 0.05) is 53.0 Å². The van der Waals surface area contributed by atoms with Gasteiger partial charge < -0.3 is 20.1 Å². The minimum absolute atomic E-state index is 0.323. The van der Waals surface area contributed by atoms with E-state index in [2.05, 4.69) is 65.6 Å². The van der Waals surface area contributed by atoms with Gasteiger partial charge in [-0.15, -0.1) is 0 Å². The van der Waals surface area contributed by atoms with Crippen LogP contribution in [0.1, 0.15) is 38.3 Å². The summed E-state index contributed by atoms with van der Waals surface area (Å²) in [6.45, 7) is 13.5. The second-order valence-corrected chi connectivity index (χ2v) is 7.91. The summed E-state index contributed by atoms with van der Waals surface area (Å²) < 4.78 is 11.2. The number of aliphatic imine (C=N–C) groups is 1. The molecule has 1 aliphatic rings. The predicted octanol–water partition coefficient (Wildman–Crippen LogP) is 2.63. The third-order valence-electron chi connectivity index (χ3n) is 4.62. The van der Waals surface area contributed by atoms with Crippen LogP contribution in [0.25, 0.3) is 0 Å². The Bertz CT molecular complexity index is 592. The fraction of sp³-hybridized carbons (Fsp3) is 0.682. The highest BCUT2D eigenvalue weighted by molar-refractivity contribution is 5.79. The van der Waals surface area contributed by atoms with E-state index in [0.717, 1.165) is 64.9 Å². The number of hydrogen-bond acceptors (Lipinski definition) is 4. The van der Waals surface area contributed by atoms with Gasteiger partial charge in [-0.25, -0.2) is 0 Å². The fourth-order valence-electron chi connectivity index (χ4n) is 3.24. The Morgan fingerprint density at radius 2 is 2.14 bits per heavy atom. The van der Waals surface area contributed by atoms with Crippen molar-refractivity contribution in [3.05, 3.63) is 35.4 Å². The van der Waals surface area contributed by atoms with Crippen molar-refractivity contribution in [1.29, 1.82) is 0 Å². The van der Waals surface area contributed by atoms with Gasteiger partial charge in [0.15, 0.2) is 5.96 Å². The minimum Gasteiger partial charge on any atom is -0.381 e. The van der Waals surface area contributed by atoms with Crippen LogP contribution in [0.2, 0.25) is 0 Å². The van der Waals surface area contributed by atoms with Crippen molar-refractivity contribution >= 4 is 5.96 Å². The van der Waals surface area contributed by atoms with Gasteiger partial charge in [-0.2, -0.15) is 0 Å². The van der Waals surface area contributed by atoms with E-state index in [9.17, 15) is 0 Å². The van der Waals surface area contributed by atoms with Gasteiger partial charge in [-0.3, -0.25) is 9.89 Å². The number of ether oxygens (including phenoxy) is 2. The van der Waals surface area contributed by atoms with E-state index in [1.165, 1.54) is 11.1 Å². The molecule has 1 unspecified atom stereocenters. The largest absolute Gasteiger partial charge is 0.381 e. The summed E-state index contributed by atoms with van der Waals surface area (Å²) in [6, 6.07) is 8.78. The van der Waals surface area contributed by atoms with E-state index in [1.54, 1.807) is 7.05 Å². The third kappa shape index (κ3) is 9.04. The first-order valence-corrected chi connectivity index (χ1v) is 10.5. The number of guanidine groups is 1. The zero-order valence-electron chi connectivity index (χ0n) is 18.0. The molecule has 0 saturated carbocycles. The lowest BCUT2D eigenvalue weighted by Gasteiger charge is -2.31. The summed E-state index contributed by atoms with van der Waals surface area (Å²) in [4.78, 5) is 6.77. The Labute approximate surface area is 170 Å². The Kier molecular flexibility index (Phi) is 10.3. The molecule has 0 spiro atoms. The Morgan fingerprint density at radius 1 is 1.32 bits per heavy atom. The van der Waals surface area contributed by atoms with Crippen molar-refractivity contribution in [1.82, 2.24) is 15.5 Å². The highest BCUT2D eigenvalue weighted by atomic mass is 16.5. The molecule has 2 N–H and O–H groups in total. The molecule has 0 bridgehead atoms. The molecule has 0 radical (unpaired) electrons. The minimum atomic E-state index is 0.323. The smallest absolute Gasteiger partial charge is 0.191 e. The molecule has 6 nitrogen and oxygen atoms in total. The Hall–Kier alpha value is -1.63. The van der Waals surface area contributed by atoms with Crippen LogP contribution in [0.5, 0.6) is 0 Å². The van der Waals surface area contributed by atoms with Crippen LogP contribution >= 0.6 is 0 Å². The van der Waals surface area contributed by atoms with Gasteiger partial charge in [0.1, 0.15) is 0 Å². The van der Waals surface area contributed by atoms with Crippen LogP contribution in [0.3, 0.4) is 0 Å². The molecular weight excluding hydrogens is 352 g/mol. The van der Waals surface area contributed by atoms with E-state index < -0.39 is 0 Å². The topological polar surface area (TPSA) is 58.1 Å². The van der Waals surface area contributed by atoms with Crippen molar-refractivity contribution in [2.24, 2.45) is 10.9 Å². The van der Waals surface area contributed by atoms with Gasteiger partial charge in [-0.05, 0) is 30.4 Å². The van der Waals surface area contributed by atoms with Crippen LogP contribution < -0.4 is 10.6 Å². The second kappa shape index (κ2) is 12.8. The molecule has 158 valence electrons. The van der Waals surface area contributed by atoms with Gasteiger partial charge in [0.25, 0.3) is 0 Å². The van der Waals surface area contributed by atoms with Crippen LogP contribution in [0.15, 0.2) is 29.3 Å². The number of nitrogens with one attached hydrogen (secondary N) is 2. The van der Waals surface area contributed by atoms with Crippen molar-refractivity contribution in [3.8, 4) is 0 Å². The summed E-state index contributed by atoms with van der Waals surface area (Å²) in [7, 11) is 1.81. The molecule has 1 atom stereocenters. The van der Waals surface area contributed by atoms with Crippen LogP contribution in [-0.2, 0) is 22.6 Å². The predicted molar refractivity (Wildman–Crippen MR) is 116 cm³/mol. The lowest BCUT2D eigenvalue weighted by atomic mass is 10.1. The first kappa shape index (κ1) is 22.7. The zero-order chi connectivity index (χ0) is 20.2. The molecule has 1 aromatic carbocycles. The second-order valence-electron chi connectivity index (χ2n) is 7.91. The van der Waals surface area contributed by atoms with E-state index in [4.69, 9.17) is 9.47 Å². The molecule has 28 heavy (non-hydrogen) atoms. The van der Waals surface area contributed by atoms with Gasteiger partial charge in [0.05, 0.1) is 12.7 Å². The summed E-state index contributed by atoms with van der Waals surface area (Å²) in [6.07, 6.45) is 1.30. The van der Waals surface area contributed by atoms with Crippen molar-refractivity contribution in [2.45, 2.75) is 46.4 Å². The molecule has 1 saturated heterocycles. The van der Waals surface area contributed by atoms with Crippen molar-refractivity contribution < 1.29 is 9.47 Å². The van der Waals surface area contributed by atoms with Crippen LogP contribution in [0, 0.1) is 5.92 Å². The van der Waals surface area contributed by atoms with Gasteiger partial charge in [-0.1, -0.05) is 38.1 Å². The molecule has 2 rings (SSSR count). The summed E-state index contributed by atoms with van der Waals surface area (Å²) in [5.41, 5.74) is 2.61. The van der Waals surface area contributed by atoms with E-state index in [-0.39, 0.29) is 0 Å². The standard InChI is InChI=1S/C22H38N4O2/c1-18(2)17-27-11-6-9-24-22(23-4)25-14-20-7-5-8-21(13-20)16-26-10-12-28-19(3)15-26/h5,7-8,13,18-19H,6,9-12,14-17H2,1-4H3,(H2,23,24,25). The van der Waals surface area contributed by atoms with E-state index >= 15 is 0 Å². The fourth-order valence-corrected chi connectivity index (χ4v) is 3.24. The average molecular weight is 391 g/mol. The van der Waals surface area contributed by atoms with Gasteiger partial charge >= 0.3 is 0 Å². The number of rotatable bonds is 10. The maximum atomic E-state index is 5.63. The SMILES string of the molecule is CN=C(NCCCOCC(C)C)NCc1cccc(CN2CCOC(C)C2)c1. The molecule has 0 amide bonds. The summed E-state index contributed by atoms with van der Waals surface area (Å²) in [5, 5.41) is 6.75. The average Bonchev–Trinajstić information content (AvgIpc) is 2.67. The van der Waals surface area contributed by atoms with Gasteiger partial charge in [0.2, 0.25) is 0 Å². The normalized spacial score (nSPS) is 18.5. The first-order valence-electron chi connectivity index (χ1n) is 10.5. The number of hydrogen-bond donors (Lipinski definition) is 2. The maximum Gasteiger partial charge on any atom is 0.191 e.